The molecule has 1 aromatic heterocycles. The molecular weight excluding hydrogens is 364 g/mol. The Morgan fingerprint density at radius 1 is 1.00 bits per heavy atom. The van der Waals surface area contributed by atoms with E-state index in [0.717, 1.165) is 28.5 Å². The number of hydrogen-bond donors (Lipinski definition) is 3. The van der Waals surface area contributed by atoms with Gasteiger partial charge >= 0.3 is 5.97 Å². The molecule has 0 aliphatic heterocycles. The van der Waals surface area contributed by atoms with Crippen LogP contribution in [-0.4, -0.2) is 28.0 Å². The minimum absolute atomic E-state index is 0.227. The van der Waals surface area contributed by atoms with Crippen molar-refractivity contribution in [2.45, 2.75) is 45.6 Å². The van der Waals surface area contributed by atoms with Crippen LogP contribution in [0.5, 0.6) is 0 Å². The summed E-state index contributed by atoms with van der Waals surface area (Å²) in [5.41, 5.74) is 3.94. The quantitative estimate of drug-likeness (QED) is 0.535. The number of para-hydroxylation sites is 1. The number of carboxylic acid groups (broad SMARTS) is 1. The van der Waals surface area contributed by atoms with Crippen LogP contribution in [0.25, 0.3) is 10.9 Å². The Morgan fingerprint density at radius 2 is 1.69 bits per heavy atom. The highest BCUT2D eigenvalue weighted by atomic mass is 16.4. The van der Waals surface area contributed by atoms with Gasteiger partial charge in [-0.05, 0) is 42.0 Å². The summed E-state index contributed by atoms with van der Waals surface area (Å²) in [7, 11) is 0. The topological polar surface area (TPSA) is 82.2 Å². The van der Waals surface area contributed by atoms with Crippen LogP contribution in [-0.2, 0) is 22.4 Å². The third-order valence-electron chi connectivity index (χ3n) is 5.23. The number of rotatable bonds is 8. The average molecular weight is 392 g/mol. The summed E-state index contributed by atoms with van der Waals surface area (Å²) in [5.74, 6) is -1.17. The number of aliphatic carboxylic acids is 1. The first-order valence-electron chi connectivity index (χ1n) is 10.0. The molecule has 2 aromatic carbocycles. The standard InChI is InChI=1S/C24H28N2O3/c1-15(2)12-17-8-10-18(11-9-17)16(3)23(27)26-22(24(28)29)13-19-14-25-21-7-5-4-6-20(19)21/h4-11,14-16,22,25H,12-13H2,1-3H3,(H,26,27)(H,28,29)/t16?,22-/m0/s1. The Morgan fingerprint density at radius 3 is 2.34 bits per heavy atom. The largest absolute Gasteiger partial charge is 0.480 e. The molecule has 0 saturated heterocycles. The Labute approximate surface area is 171 Å². The molecule has 0 fully saturated rings. The third-order valence-corrected chi connectivity index (χ3v) is 5.23. The van der Waals surface area contributed by atoms with Crippen molar-refractivity contribution in [3.63, 3.8) is 0 Å². The van der Waals surface area contributed by atoms with E-state index in [0.29, 0.717) is 5.92 Å². The second-order valence-corrected chi connectivity index (χ2v) is 8.02. The van der Waals surface area contributed by atoms with Gasteiger partial charge in [-0.15, -0.1) is 0 Å². The number of hydrogen-bond acceptors (Lipinski definition) is 2. The number of fused-ring (bicyclic) bond motifs is 1. The molecule has 1 heterocycles. The predicted molar refractivity (Wildman–Crippen MR) is 115 cm³/mol. The van der Waals surface area contributed by atoms with Gasteiger partial charge in [0.1, 0.15) is 6.04 Å². The number of benzene rings is 2. The third kappa shape index (κ3) is 5.05. The number of aromatic amines is 1. The lowest BCUT2D eigenvalue weighted by Crippen LogP contribution is -2.44. The molecule has 0 saturated carbocycles. The number of nitrogens with one attached hydrogen (secondary N) is 2. The molecule has 3 N–H and O–H groups in total. The number of carbonyl (C=O) groups excluding carboxylic acids is 1. The van der Waals surface area contributed by atoms with Crippen LogP contribution in [0.15, 0.2) is 54.7 Å². The molecule has 0 bridgehead atoms. The van der Waals surface area contributed by atoms with E-state index >= 15 is 0 Å². The van der Waals surface area contributed by atoms with E-state index in [-0.39, 0.29) is 12.3 Å². The van der Waals surface area contributed by atoms with Gasteiger partial charge in [-0.3, -0.25) is 4.79 Å². The van der Waals surface area contributed by atoms with E-state index in [4.69, 9.17) is 0 Å². The summed E-state index contributed by atoms with van der Waals surface area (Å²) in [6.45, 7) is 6.14. The van der Waals surface area contributed by atoms with Crippen LogP contribution in [0.3, 0.4) is 0 Å². The van der Waals surface area contributed by atoms with Crippen LogP contribution in [0.4, 0.5) is 0 Å². The summed E-state index contributed by atoms with van der Waals surface area (Å²) in [5, 5.41) is 13.3. The first-order valence-corrected chi connectivity index (χ1v) is 10.0. The van der Waals surface area contributed by atoms with Gasteiger partial charge in [0.2, 0.25) is 5.91 Å². The van der Waals surface area contributed by atoms with Gasteiger partial charge in [-0.2, -0.15) is 0 Å². The first-order chi connectivity index (χ1) is 13.8. The van der Waals surface area contributed by atoms with Crippen molar-refractivity contribution in [3.8, 4) is 0 Å². The number of H-pyrrole nitrogens is 1. The summed E-state index contributed by atoms with van der Waals surface area (Å²) < 4.78 is 0. The lowest BCUT2D eigenvalue weighted by molar-refractivity contribution is -0.141. The summed E-state index contributed by atoms with van der Waals surface area (Å²) in [6, 6.07) is 14.7. The zero-order valence-electron chi connectivity index (χ0n) is 17.1. The van der Waals surface area contributed by atoms with Crippen LogP contribution in [0.1, 0.15) is 43.4 Å². The van der Waals surface area contributed by atoms with E-state index in [2.05, 4.69) is 24.1 Å². The molecule has 5 nitrogen and oxygen atoms in total. The SMILES string of the molecule is CC(C)Cc1ccc(C(C)C(=O)N[C@@H](Cc2c[nH]c3ccccc23)C(=O)O)cc1. The molecular formula is C24H28N2O3. The summed E-state index contributed by atoms with van der Waals surface area (Å²) in [6.07, 6.45) is 3.03. The average Bonchev–Trinajstić information content (AvgIpc) is 3.10. The highest BCUT2D eigenvalue weighted by Crippen LogP contribution is 2.21. The fourth-order valence-electron chi connectivity index (χ4n) is 3.58. The minimum Gasteiger partial charge on any atom is -0.480 e. The van der Waals surface area contributed by atoms with Gasteiger partial charge in [-0.1, -0.05) is 56.3 Å². The fourth-order valence-corrected chi connectivity index (χ4v) is 3.58. The zero-order valence-corrected chi connectivity index (χ0v) is 17.1. The maximum atomic E-state index is 12.7. The fraction of sp³-hybridized carbons (Fsp3) is 0.333. The highest BCUT2D eigenvalue weighted by Gasteiger charge is 2.25. The van der Waals surface area contributed by atoms with Crippen molar-refractivity contribution in [2.24, 2.45) is 5.92 Å². The number of carboxylic acids is 1. The van der Waals surface area contributed by atoms with Crippen molar-refractivity contribution in [1.82, 2.24) is 10.3 Å². The van der Waals surface area contributed by atoms with E-state index < -0.39 is 17.9 Å². The van der Waals surface area contributed by atoms with E-state index in [9.17, 15) is 14.7 Å². The molecule has 29 heavy (non-hydrogen) atoms. The first kappa shape index (κ1) is 20.6. The monoisotopic (exact) mass is 392 g/mol. The molecule has 5 heteroatoms. The van der Waals surface area contributed by atoms with Crippen molar-refractivity contribution in [3.05, 3.63) is 71.4 Å². The smallest absolute Gasteiger partial charge is 0.326 e. The maximum Gasteiger partial charge on any atom is 0.326 e. The van der Waals surface area contributed by atoms with Gasteiger partial charge in [0.15, 0.2) is 0 Å². The Bertz CT molecular complexity index is 989. The molecule has 0 aliphatic rings. The number of amides is 1. The van der Waals surface area contributed by atoms with Crippen LogP contribution in [0.2, 0.25) is 0 Å². The van der Waals surface area contributed by atoms with Crippen LogP contribution >= 0.6 is 0 Å². The minimum atomic E-state index is -1.04. The molecule has 0 radical (unpaired) electrons. The molecule has 0 spiro atoms. The molecule has 3 rings (SSSR count). The van der Waals surface area contributed by atoms with Gasteiger partial charge in [0.25, 0.3) is 0 Å². The molecule has 1 unspecified atom stereocenters. The Hall–Kier alpha value is -3.08. The van der Waals surface area contributed by atoms with Gasteiger partial charge in [-0.25, -0.2) is 4.79 Å². The van der Waals surface area contributed by atoms with Crippen LogP contribution < -0.4 is 5.32 Å². The normalized spacial score (nSPS) is 13.4. The van der Waals surface area contributed by atoms with Crippen LogP contribution in [0, 0.1) is 5.92 Å². The van der Waals surface area contributed by atoms with E-state index in [1.54, 1.807) is 6.92 Å². The van der Waals surface area contributed by atoms with Gasteiger partial charge < -0.3 is 15.4 Å². The van der Waals surface area contributed by atoms with Crippen molar-refractivity contribution < 1.29 is 14.7 Å². The van der Waals surface area contributed by atoms with Crippen molar-refractivity contribution in [1.29, 1.82) is 0 Å². The molecule has 3 aromatic rings. The van der Waals surface area contributed by atoms with Gasteiger partial charge in [0, 0.05) is 23.5 Å². The van der Waals surface area contributed by atoms with E-state index in [1.807, 2.05) is 54.7 Å². The summed E-state index contributed by atoms with van der Waals surface area (Å²) >= 11 is 0. The lowest BCUT2D eigenvalue weighted by Gasteiger charge is -2.18. The van der Waals surface area contributed by atoms with Gasteiger partial charge in [0.05, 0.1) is 5.92 Å². The lowest BCUT2D eigenvalue weighted by atomic mass is 9.95. The zero-order chi connectivity index (χ0) is 21.0. The number of aromatic nitrogens is 1. The Kier molecular flexibility index (Phi) is 6.37. The number of carbonyl (C=O) groups is 2. The highest BCUT2D eigenvalue weighted by molar-refractivity contribution is 5.89. The van der Waals surface area contributed by atoms with Crippen molar-refractivity contribution in [2.75, 3.05) is 0 Å². The second-order valence-electron chi connectivity index (χ2n) is 8.02. The summed E-state index contributed by atoms with van der Waals surface area (Å²) in [4.78, 5) is 27.7. The second kappa shape index (κ2) is 8.95. The molecule has 2 atom stereocenters. The molecule has 0 aliphatic carbocycles. The van der Waals surface area contributed by atoms with Crippen molar-refractivity contribution >= 4 is 22.8 Å². The molecule has 152 valence electrons. The maximum absolute atomic E-state index is 12.7. The Balaban J connectivity index is 1.69. The predicted octanol–water partition coefficient (Wildman–Crippen LogP) is 4.28. The van der Waals surface area contributed by atoms with E-state index in [1.165, 1.54) is 5.56 Å². The molecule has 1 amide bonds.